The largest absolute Gasteiger partial charge is 0.367 e. The van der Waals surface area contributed by atoms with Crippen LogP contribution in [0.15, 0.2) is 18.5 Å². The Balaban J connectivity index is 1.37. The number of aryl methyl sites for hydroxylation is 1. The Labute approximate surface area is 154 Å². The van der Waals surface area contributed by atoms with E-state index in [1.54, 1.807) is 23.4 Å². The number of amides is 2. The molecule has 10 nitrogen and oxygen atoms in total. The summed E-state index contributed by atoms with van der Waals surface area (Å²) in [7, 11) is 0. The number of carbonyl (C=O) groups is 2. The topological polar surface area (TPSA) is 135 Å². The van der Waals surface area contributed by atoms with Gasteiger partial charge in [-0.2, -0.15) is 10.2 Å². The molecule has 10 heteroatoms. The normalized spacial score (nSPS) is 13.4. The van der Waals surface area contributed by atoms with Crippen LogP contribution in [0.25, 0.3) is 0 Å². The Morgan fingerprint density at radius 2 is 2.19 bits per heavy atom. The van der Waals surface area contributed by atoms with Gasteiger partial charge in [-0.15, -0.1) is 0 Å². The van der Waals surface area contributed by atoms with Crippen molar-refractivity contribution in [2.45, 2.75) is 26.3 Å². The van der Waals surface area contributed by atoms with E-state index in [4.69, 9.17) is 0 Å². The highest BCUT2D eigenvalue weighted by Gasteiger charge is 2.28. The molecule has 0 unspecified atom stereocenters. The Morgan fingerprint density at radius 3 is 2.93 bits per heavy atom. The molecule has 3 aromatic rings. The third-order valence-corrected chi connectivity index (χ3v) is 4.56. The van der Waals surface area contributed by atoms with E-state index in [0.717, 1.165) is 17.1 Å². The van der Waals surface area contributed by atoms with Crippen LogP contribution in [-0.2, 0) is 19.4 Å². The number of hydrogen-bond acceptors (Lipinski definition) is 5. The first kappa shape index (κ1) is 17.0. The highest BCUT2D eigenvalue weighted by Crippen LogP contribution is 2.21. The maximum atomic E-state index is 12.5. The van der Waals surface area contributed by atoms with E-state index in [1.165, 1.54) is 0 Å². The minimum absolute atomic E-state index is 0.0377. The van der Waals surface area contributed by atoms with Crippen LogP contribution in [0.2, 0.25) is 0 Å². The number of carbonyl (C=O) groups excluding carboxylic acids is 2. The molecule has 4 N–H and O–H groups in total. The van der Waals surface area contributed by atoms with Crippen LogP contribution in [0.1, 0.15) is 43.8 Å². The number of rotatable bonds is 5. The number of aromatic nitrogens is 6. The first-order chi connectivity index (χ1) is 13.1. The van der Waals surface area contributed by atoms with E-state index in [1.807, 2.05) is 6.92 Å². The molecule has 3 aromatic heterocycles. The van der Waals surface area contributed by atoms with Crippen molar-refractivity contribution in [1.82, 2.24) is 40.6 Å². The summed E-state index contributed by atoms with van der Waals surface area (Å²) in [5, 5.41) is 16.7. The zero-order valence-electron chi connectivity index (χ0n) is 14.9. The molecule has 2 amide bonds. The first-order valence-corrected chi connectivity index (χ1v) is 8.76. The van der Waals surface area contributed by atoms with E-state index in [2.05, 4.69) is 35.7 Å². The monoisotopic (exact) mass is 368 g/mol. The number of nitrogens with one attached hydrogen (secondary N) is 4. The summed E-state index contributed by atoms with van der Waals surface area (Å²) in [5.74, 6) is 1.14. The second-order valence-electron chi connectivity index (χ2n) is 6.45. The minimum atomic E-state index is -0.231. The second kappa shape index (κ2) is 7.06. The summed E-state index contributed by atoms with van der Waals surface area (Å²) < 4.78 is 0. The summed E-state index contributed by atoms with van der Waals surface area (Å²) >= 11 is 0. The van der Waals surface area contributed by atoms with Crippen LogP contribution in [0.3, 0.4) is 0 Å². The quantitative estimate of drug-likeness (QED) is 0.515. The smallest absolute Gasteiger partial charge is 0.272 e. The van der Waals surface area contributed by atoms with Crippen molar-refractivity contribution < 1.29 is 9.59 Å². The third kappa shape index (κ3) is 3.46. The molecule has 0 aliphatic carbocycles. The molecule has 27 heavy (non-hydrogen) atoms. The van der Waals surface area contributed by atoms with Gasteiger partial charge in [-0.3, -0.25) is 19.8 Å². The van der Waals surface area contributed by atoms with E-state index in [0.29, 0.717) is 49.6 Å². The molecule has 0 saturated heterocycles. The average molecular weight is 368 g/mol. The molecular formula is C17H20N8O2. The molecule has 0 fully saturated rings. The molecule has 0 spiro atoms. The summed E-state index contributed by atoms with van der Waals surface area (Å²) in [5.41, 5.74) is 2.70. The zero-order valence-corrected chi connectivity index (χ0v) is 14.9. The fourth-order valence-electron chi connectivity index (χ4n) is 3.19. The molecule has 4 rings (SSSR count). The Hall–Kier alpha value is -3.43. The Kier molecular flexibility index (Phi) is 4.45. The van der Waals surface area contributed by atoms with E-state index < -0.39 is 0 Å². The molecular weight excluding hydrogens is 348 g/mol. The number of aromatic amines is 3. The highest BCUT2D eigenvalue weighted by molar-refractivity contribution is 5.95. The average Bonchev–Trinajstić information content (AvgIpc) is 3.41. The van der Waals surface area contributed by atoms with Gasteiger partial charge >= 0.3 is 0 Å². The Bertz CT molecular complexity index is 956. The minimum Gasteiger partial charge on any atom is -0.367 e. The molecule has 1 aliphatic rings. The van der Waals surface area contributed by atoms with Crippen molar-refractivity contribution in [1.29, 1.82) is 0 Å². The molecule has 0 atom stereocenters. The molecule has 1 aliphatic heterocycles. The second-order valence-corrected chi connectivity index (χ2v) is 6.45. The molecule has 0 saturated carbocycles. The molecule has 0 bridgehead atoms. The van der Waals surface area contributed by atoms with Crippen LogP contribution in [0, 0.1) is 6.92 Å². The number of hydrogen-bond donors (Lipinski definition) is 4. The van der Waals surface area contributed by atoms with Gasteiger partial charge in [0, 0.05) is 37.5 Å². The number of H-pyrrole nitrogens is 3. The van der Waals surface area contributed by atoms with Gasteiger partial charge in [-0.1, -0.05) is 0 Å². The fourth-order valence-corrected chi connectivity index (χ4v) is 3.19. The first-order valence-electron chi connectivity index (χ1n) is 8.76. The van der Waals surface area contributed by atoms with E-state index in [-0.39, 0.29) is 11.8 Å². The van der Waals surface area contributed by atoms with Gasteiger partial charge in [0.2, 0.25) is 0 Å². The zero-order chi connectivity index (χ0) is 18.8. The van der Waals surface area contributed by atoms with Gasteiger partial charge in [0.05, 0.1) is 17.8 Å². The third-order valence-electron chi connectivity index (χ3n) is 4.56. The van der Waals surface area contributed by atoms with Gasteiger partial charge in [0.15, 0.2) is 11.5 Å². The molecule has 140 valence electrons. The predicted octanol–water partition coefficient (Wildman–Crippen LogP) is 0.335. The van der Waals surface area contributed by atoms with E-state index >= 15 is 0 Å². The van der Waals surface area contributed by atoms with Crippen molar-refractivity contribution in [3.05, 3.63) is 52.6 Å². The summed E-state index contributed by atoms with van der Waals surface area (Å²) in [6.45, 7) is 3.22. The van der Waals surface area contributed by atoms with Crippen molar-refractivity contribution in [3.63, 3.8) is 0 Å². The van der Waals surface area contributed by atoms with Gasteiger partial charge in [-0.05, 0) is 19.4 Å². The number of fused-ring (bicyclic) bond motifs is 1. The fraction of sp³-hybridized carbons (Fsp3) is 0.353. The van der Waals surface area contributed by atoms with Crippen molar-refractivity contribution in [2.75, 3.05) is 13.1 Å². The van der Waals surface area contributed by atoms with Crippen molar-refractivity contribution >= 4 is 11.8 Å². The molecule has 0 radical (unpaired) electrons. The van der Waals surface area contributed by atoms with Crippen LogP contribution >= 0.6 is 0 Å². The lowest BCUT2D eigenvalue weighted by Crippen LogP contribution is -2.36. The molecule has 0 aromatic carbocycles. The molecule has 4 heterocycles. The standard InChI is InChI=1S/C17H20N8O2/c1-10-20-14(23-21-10)3-6-19-16(26)15-12-4-7-25(9-13(12)22-24-15)17(27)11-2-5-18-8-11/h2,5,8,18H,3-4,6-7,9H2,1H3,(H,19,26)(H,22,24)(H,20,21,23). The summed E-state index contributed by atoms with van der Waals surface area (Å²) in [6, 6.07) is 1.75. The lowest BCUT2D eigenvalue weighted by atomic mass is 10.0. The van der Waals surface area contributed by atoms with Crippen LogP contribution in [0.4, 0.5) is 0 Å². The maximum absolute atomic E-state index is 12.5. The SMILES string of the molecule is Cc1nc(CCNC(=O)c2n[nH]c3c2CCN(C(=O)c2cc[nH]c2)C3)n[nH]1. The summed E-state index contributed by atoms with van der Waals surface area (Å²) in [6.07, 6.45) is 4.53. The Morgan fingerprint density at radius 1 is 1.30 bits per heavy atom. The number of nitrogens with zero attached hydrogens (tertiary/aromatic N) is 4. The van der Waals surface area contributed by atoms with Gasteiger partial charge in [-0.25, -0.2) is 4.98 Å². The van der Waals surface area contributed by atoms with Crippen molar-refractivity contribution in [3.8, 4) is 0 Å². The van der Waals surface area contributed by atoms with Gasteiger partial charge in [0.1, 0.15) is 5.82 Å². The van der Waals surface area contributed by atoms with Crippen LogP contribution < -0.4 is 5.32 Å². The van der Waals surface area contributed by atoms with Crippen molar-refractivity contribution in [2.24, 2.45) is 0 Å². The van der Waals surface area contributed by atoms with Crippen LogP contribution in [-0.4, -0.2) is 60.2 Å². The summed E-state index contributed by atoms with van der Waals surface area (Å²) in [4.78, 5) is 33.8. The maximum Gasteiger partial charge on any atom is 0.272 e. The van der Waals surface area contributed by atoms with Gasteiger partial charge < -0.3 is 15.2 Å². The van der Waals surface area contributed by atoms with Crippen LogP contribution in [0.5, 0.6) is 0 Å². The van der Waals surface area contributed by atoms with E-state index in [9.17, 15) is 9.59 Å². The lowest BCUT2D eigenvalue weighted by molar-refractivity contribution is 0.0732. The predicted molar refractivity (Wildman–Crippen MR) is 95.0 cm³/mol. The lowest BCUT2D eigenvalue weighted by Gasteiger charge is -2.26. The van der Waals surface area contributed by atoms with Gasteiger partial charge in [0.25, 0.3) is 11.8 Å². The highest BCUT2D eigenvalue weighted by atomic mass is 16.2.